The zero-order chi connectivity index (χ0) is 20.4. The maximum absolute atomic E-state index is 13.0. The molecule has 0 aliphatic carbocycles. The molecule has 28 heavy (non-hydrogen) atoms. The van der Waals surface area contributed by atoms with E-state index in [9.17, 15) is 4.79 Å². The Kier molecular flexibility index (Phi) is 6.55. The van der Waals surface area contributed by atoms with Crippen LogP contribution in [0.25, 0.3) is 0 Å². The summed E-state index contributed by atoms with van der Waals surface area (Å²) in [6, 6.07) is 1.96. The highest BCUT2D eigenvalue weighted by Gasteiger charge is 2.32. The van der Waals surface area contributed by atoms with Crippen molar-refractivity contribution < 1.29 is 9.53 Å². The molecule has 0 saturated carbocycles. The maximum atomic E-state index is 13.0. The highest BCUT2D eigenvalue weighted by molar-refractivity contribution is 5.81. The largest absolute Gasteiger partial charge is 0.372 e. The number of hydrogen-bond acceptors (Lipinski definition) is 6. The zero-order valence-electron chi connectivity index (χ0n) is 18.2. The number of aromatic nitrogens is 2. The lowest BCUT2D eigenvalue weighted by Crippen LogP contribution is -2.57. The molecule has 2 fully saturated rings. The number of piperazine rings is 1. The minimum absolute atomic E-state index is 0.0991. The second-order valence-electron chi connectivity index (χ2n) is 8.58. The summed E-state index contributed by atoms with van der Waals surface area (Å²) in [7, 11) is 0. The number of ether oxygens (including phenoxy) is 1. The summed E-state index contributed by atoms with van der Waals surface area (Å²) in [5, 5.41) is 0. The van der Waals surface area contributed by atoms with Gasteiger partial charge in [-0.05, 0) is 27.7 Å². The fraction of sp³-hybridized carbons (Fsp3) is 0.762. The minimum atomic E-state index is -0.0991. The van der Waals surface area contributed by atoms with Crippen molar-refractivity contribution in [1.29, 1.82) is 0 Å². The average Bonchev–Trinajstić information content (AvgIpc) is 2.65. The van der Waals surface area contributed by atoms with Gasteiger partial charge in [0.25, 0.3) is 0 Å². The number of carbonyl (C=O) groups is 1. The molecule has 3 atom stereocenters. The topological polar surface area (TPSA) is 61.8 Å². The first-order valence-corrected chi connectivity index (χ1v) is 10.5. The molecule has 1 amide bonds. The van der Waals surface area contributed by atoms with E-state index in [0.717, 1.165) is 43.5 Å². The van der Waals surface area contributed by atoms with Gasteiger partial charge in [0.15, 0.2) is 0 Å². The third-order valence-corrected chi connectivity index (χ3v) is 5.65. The molecule has 7 nitrogen and oxygen atoms in total. The number of aryl methyl sites for hydroxylation is 1. The Balaban J connectivity index is 1.60. The van der Waals surface area contributed by atoms with E-state index in [1.54, 1.807) is 0 Å². The fourth-order valence-electron chi connectivity index (χ4n) is 4.11. The smallest absolute Gasteiger partial charge is 0.239 e. The van der Waals surface area contributed by atoms with Crippen molar-refractivity contribution in [3.63, 3.8) is 0 Å². The Morgan fingerprint density at radius 2 is 1.68 bits per heavy atom. The number of nitrogens with zero attached hydrogens (tertiary/aromatic N) is 5. The van der Waals surface area contributed by atoms with Crippen molar-refractivity contribution in [1.82, 2.24) is 19.8 Å². The molecule has 0 spiro atoms. The van der Waals surface area contributed by atoms with Gasteiger partial charge in [-0.3, -0.25) is 9.69 Å². The molecule has 2 saturated heterocycles. The standard InChI is InChI=1S/C21H35N5O2/c1-14(2)20-22-15(3)11-19(23-20)25-9-7-24(8-10-25)18(6)21(27)26-12-16(4)28-17(5)13-26/h11,14,16-18H,7-10,12-13H2,1-6H3. The van der Waals surface area contributed by atoms with Crippen molar-refractivity contribution in [3.05, 3.63) is 17.6 Å². The van der Waals surface area contributed by atoms with Crippen LogP contribution in [0.4, 0.5) is 5.82 Å². The van der Waals surface area contributed by atoms with Gasteiger partial charge in [0, 0.05) is 56.9 Å². The van der Waals surface area contributed by atoms with Crippen LogP contribution in [0.5, 0.6) is 0 Å². The predicted octanol–water partition coefficient (Wildman–Crippen LogP) is 2.05. The van der Waals surface area contributed by atoms with E-state index in [4.69, 9.17) is 9.72 Å². The Bertz CT molecular complexity index is 677. The van der Waals surface area contributed by atoms with Crippen LogP contribution in [0.2, 0.25) is 0 Å². The van der Waals surface area contributed by atoms with Crippen LogP contribution < -0.4 is 4.90 Å². The molecule has 156 valence electrons. The molecule has 7 heteroatoms. The van der Waals surface area contributed by atoms with Gasteiger partial charge in [0.2, 0.25) is 5.91 Å². The number of morpholine rings is 1. The van der Waals surface area contributed by atoms with E-state index in [2.05, 4.69) is 34.7 Å². The quantitative estimate of drug-likeness (QED) is 0.786. The summed E-state index contributed by atoms with van der Waals surface area (Å²) in [5.74, 6) is 2.44. The SMILES string of the molecule is Cc1cc(N2CCN(C(C)C(=O)N3CC(C)OC(C)C3)CC2)nc(C(C)C)n1. The molecule has 3 heterocycles. The Hall–Kier alpha value is -1.73. The van der Waals surface area contributed by atoms with Crippen molar-refractivity contribution >= 4 is 11.7 Å². The van der Waals surface area contributed by atoms with Gasteiger partial charge in [-0.25, -0.2) is 9.97 Å². The maximum Gasteiger partial charge on any atom is 0.239 e. The lowest BCUT2D eigenvalue weighted by molar-refractivity contribution is -0.148. The van der Waals surface area contributed by atoms with E-state index < -0.39 is 0 Å². The third kappa shape index (κ3) is 4.81. The van der Waals surface area contributed by atoms with Crippen LogP contribution in [0.15, 0.2) is 6.07 Å². The first-order chi connectivity index (χ1) is 13.2. The molecule has 0 N–H and O–H groups in total. The van der Waals surface area contributed by atoms with Crippen LogP contribution >= 0.6 is 0 Å². The molecular formula is C21H35N5O2. The van der Waals surface area contributed by atoms with Gasteiger partial charge in [-0.15, -0.1) is 0 Å². The van der Waals surface area contributed by atoms with Crippen molar-refractivity contribution in [3.8, 4) is 0 Å². The van der Waals surface area contributed by atoms with E-state index in [1.807, 2.05) is 32.6 Å². The average molecular weight is 390 g/mol. The molecule has 0 bridgehead atoms. The van der Waals surface area contributed by atoms with Crippen LogP contribution in [-0.2, 0) is 9.53 Å². The van der Waals surface area contributed by atoms with Crippen molar-refractivity contribution in [2.75, 3.05) is 44.2 Å². The number of amides is 1. The first kappa shape index (κ1) is 21.0. The lowest BCUT2D eigenvalue weighted by Gasteiger charge is -2.41. The minimum Gasteiger partial charge on any atom is -0.372 e. The number of hydrogen-bond donors (Lipinski definition) is 0. The Morgan fingerprint density at radius 1 is 1.07 bits per heavy atom. The van der Waals surface area contributed by atoms with Crippen LogP contribution in [0, 0.1) is 6.92 Å². The summed E-state index contributed by atoms with van der Waals surface area (Å²) in [6.07, 6.45) is 0.209. The summed E-state index contributed by atoms with van der Waals surface area (Å²) in [6.45, 7) is 17.2. The molecule has 1 aromatic rings. The molecule has 2 aliphatic rings. The second kappa shape index (κ2) is 8.74. The Labute approximate surface area is 169 Å². The number of anilines is 1. The number of rotatable bonds is 4. The lowest BCUT2D eigenvalue weighted by atomic mass is 10.1. The molecule has 1 aromatic heterocycles. The van der Waals surface area contributed by atoms with Gasteiger partial charge in [0.1, 0.15) is 11.6 Å². The summed E-state index contributed by atoms with van der Waals surface area (Å²) in [4.78, 5) is 28.9. The van der Waals surface area contributed by atoms with E-state index in [0.29, 0.717) is 19.0 Å². The monoisotopic (exact) mass is 389 g/mol. The summed E-state index contributed by atoms with van der Waals surface area (Å²) in [5.41, 5.74) is 1.01. The van der Waals surface area contributed by atoms with Crippen molar-refractivity contribution in [2.24, 2.45) is 0 Å². The highest BCUT2D eigenvalue weighted by Crippen LogP contribution is 2.20. The fourth-order valence-corrected chi connectivity index (χ4v) is 4.11. The normalized spacial score (nSPS) is 25.2. The van der Waals surface area contributed by atoms with Gasteiger partial charge in [0.05, 0.1) is 18.2 Å². The van der Waals surface area contributed by atoms with E-state index in [1.165, 1.54) is 0 Å². The molecule has 0 radical (unpaired) electrons. The van der Waals surface area contributed by atoms with Gasteiger partial charge in [-0.2, -0.15) is 0 Å². The van der Waals surface area contributed by atoms with Gasteiger partial charge >= 0.3 is 0 Å². The van der Waals surface area contributed by atoms with Crippen LogP contribution in [0.3, 0.4) is 0 Å². The Morgan fingerprint density at radius 3 is 2.25 bits per heavy atom. The van der Waals surface area contributed by atoms with E-state index >= 15 is 0 Å². The van der Waals surface area contributed by atoms with Crippen LogP contribution in [-0.4, -0.2) is 83.2 Å². The number of carbonyl (C=O) groups excluding carboxylic acids is 1. The molecule has 3 rings (SSSR count). The first-order valence-electron chi connectivity index (χ1n) is 10.5. The molecular weight excluding hydrogens is 354 g/mol. The van der Waals surface area contributed by atoms with Gasteiger partial charge < -0.3 is 14.5 Å². The molecule has 0 aromatic carbocycles. The third-order valence-electron chi connectivity index (χ3n) is 5.65. The summed E-state index contributed by atoms with van der Waals surface area (Å²) < 4.78 is 5.76. The van der Waals surface area contributed by atoms with E-state index in [-0.39, 0.29) is 24.2 Å². The van der Waals surface area contributed by atoms with Crippen molar-refractivity contribution in [2.45, 2.75) is 65.7 Å². The zero-order valence-corrected chi connectivity index (χ0v) is 18.2. The van der Waals surface area contributed by atoms with Gasteiger partial charge in [-0.1, -0.05) is 13.8 Å². The second-order valence-corrected chi connectivity index (χ2v) is 8.58. The highest BCUT2D eigenvalue weighted by atomic mass is 16.5. The van der Waals surface area contributed by atoms with Crippen LogP contribution in [0.1, 0.15) is 52.1 Å². The molecule has 3 unspecified atom stereocenters. The molecule has 2 aliphatic heterocycles. The summed E-state index contributed by atoms with van der Waals surface area (Å²) >= 11 is 0. The predicted molar refractivity (Wildman–Crippen MR) is 111 cm³/mol.